The van der Waals surface area contributed by atoms with Gasteiger partial charge in [0.2, 0.25) is 0 Å². The van der Waals surface area contributed by atoms with Crippen molar-refractivity contribution in [2.45, 2.75) is 13.3 Å². The third kappa shape index (κ3) is 3.76. The first-order valence-electron chi connectivity index (χ1n) is 7.79. The number of hydrogen-bond donors (Lipinski definition) is 0. The van der Waals surface area contributed by atoms with Crippen molar-refractivity contribution in [3.8, 4) is 11.5 Å². The van der Waals surface area contributed by atoms with Gasteiger partial charge in [0.25, 0.3) is 11.6 Å². The molecule has 0 unspecified atom stereocenters. The molecule has 2 rings (SSSR count). The minimum atomic E-state index is -0.582. The summed E-state index contributed by atoms with van der Waals surface area (Å²) in [5.74, 6) is 0.366. The molecule has 0 saturated carbocycles. The van der Waals surface area contributed by atoms with Crippen molar-refractivity contribution in [2.75, 3.05) is 40.5 Å². The van der Waals surface area contributed by atoms with E-state index in [9.17, 15) is 14.9 Å². The van der Waals surface area contributed by atoms with Crippen LogP contribution in [0.1, 0.15) is 23.7 Å². The molecule has 1 atom stereocenters. The van der Waals surface area contributed by atoms with Crippen LogP contribution in [0.15, 0.2) is 12.1 Å². The molecular formula is C16H22N2O6. The Morgan fingerprint density at radius 1 is 1.38 bits per heavy atom. The molecule has 24 heavy (non-hydrogen) atoms. The normalized spacial score (nSPS) is 16.7. The largest absolute Gasteiger partial charge is 0.493 e. The number of amides is 1. The molecule has 1 aromatic rings. The van der Waals surface area contributed by atoms with Crippen molar-refractivity contribution < 1.29 is 23.9 Å². The first-order valence-corrected chi connectivity index (χ1v) is 7.79. The van der Waals surface area contributed by atoms with Gasteiger partial charge >= 0.3 is 0 Å². The molecule has 1 saturated heterocycles. The Hall–Kier alpha value is -2.35. The Bertz CT molecular complexity index is 613. The predicted molar refractivity (Wildman–Crippen MR) is 86.7 cm³/mol. The molecule has 8 nitrogen and oxygen atoms in total. The first-order chi connectivity index (χ1) is 11.5. The van der Waals surface area contributed by atoms with Crippen molar-refractivity contribution in [3.05, 3.63) is 27.8 Å². The van der Waals surface area contributed by atoms with Crippen LogP contribution in [-0.4, -0.2) is 56.3 Å². The Morgan fingerprint density at radius 3 is 2.54 bits per heavy atom. The Kier molecular flexibility index (Phi) is 5.97. The third-order valence-corrected chi connectivity index (χ3v) is 4.10. The Labute approximate surface area is 140 Å². The van der Waals surface area contributed by atoms with Gasteiger partial charge in [-0.05, 0) is 13.3 Å². The van der Waals surface area contributed by atoms with Gasteiger partial charge in [0.05, 0.1) is 31.8 Å². The molecular weight excluding hydrogens is 316 g/mol. The highest BCUT2D eigenvalue weighted by atomic mass is 16.6. The number of ether oxygens (including phenoxy) is 3. The highest BCUT2D eigenvalue weighted by Crippen LogP contribution is 2.35. The minimum Gasteiger partial charge on any atom is -0.493 e. The quantitative estimate of drug-likeness (QED) is 0.558. The number of nitrogens with zero attached hydrogens (tertiary/aromatic N) is 2. The monoisotopic (exact) mass is 338 g/mol. The van der Waals surface area contributed by atoms with E-state index >= 15 is 0 Å². The average Bonchev–Trinajstić information content (AvgIpc) is 3.10. The molecule has 1 fully saturated rings. The van der Waals surface area contributed by atoms with Crippen LogP contribution >= 0.6 is 0 Å². The van der Waals surface area contributed by atoms with Gasteiger partial charge in [-0.15, -0.1) is 0 Å². The van der Waals surface area contributed by atoms with Crippen LogP contribution in [0.3, 0.4) is 0 Å². The number of nitro groups is 1. The zero-order chi connectivity index (χ0) is 17.7. The van der Waals surface area contributed by atoms with E-state index in [4.69, 9.17) is 14.2 Å². The van der Waals surface area contributed by atoms with E-state index in [1.807, 2.05) is 6.92 Å². The van der Waals surface area contributed by atoms with Gasteiger partial charge in [-0.1, -0.05) is 0 Å². The Balaban J connectivity index is 2.36. The summed E-state index contributed by atoms with van der Waals surface area (Å²) >= 11 is 0. The minimum absolute atomic E-state index is 0.00147. The number of benzene rings is 1. The van der Waals surface area contributed by atoms with Gasteiger partial charge in [-0.25, -0.2) is 0 Å². The summed E-state index contributed by atoms with van der Waals surface area (Å²) in [6.07, 6.45) is 0.887. The van der Waals surface area contributed by atoms with Gasteiger partial charge in [-0.2, -0.15) is 0 Å². The fourth-order valence-corrected chi connectivity index (χ4v) is 2.76. The topological polar surface area (TPSA) is 91.1 Å². The van der Waals surface area contributed by atoms with E-state index < -0.39 is 10.8 Å². The summed E-state index contributed by atoms with van der Waals surface area (Å²) in [7, 11) is 2.81. The maximum atomic E-state index is 12.8. The molecule has 1 heterocycles. The van der Waals surface area contributed by atoms with Crippen molar-refractivity contribution in [3.63, 3.8) is 0 Å². The fraction of sp³-hybridized carbons (Fsp3) is 0.562. The first kappa shape index (κ1) is 18.0. The molecule has 1 amide bonds. The smallest absolute Gasteiger partial charge is 0.286 e. The summed E-state index contributed by atoms with van der Waals surface area (Å²) in [4.78, 5) is 25.2. The zero-order valence-electron chi connectivity index (χ0n) is 14.1. The molecule has 1 aromatic carbocycles. The predicted octanol–water partition coefficient (Wildman–Crippen LogP) is 2.11. The summed E-state index contributed by atoms with van der Waals surface area (Å²) in [6, 6.07) is 2.59. The zero-order valence-corrected chi connectivity index (χ0v) is 14.1. The molecule has 0 aromatic heterocycles. The van der Waals surface area contributed by atoms with Gasteiger partial charge in [0.1, 0.15) is 5.56 Å². The second-order valence-electron chi connectivity index (χ2n) is 5.55. The van der Waals surface area contributed by atoms with E-state index in [2.05, 4.69) is 0 Å². The maximum absolute atomic E-state index is 12.8. The van der Waals surface area contributed by atoms with Crippen LogP contribution in [0.2, 0.25) is 0 Å². The van der Waals surface area contributed by atoms with Gasteiger partial charge < -0.3 is 19.1 Å². The average molecular weight is 338 g/mol. The lowest BCUT2D eigenvalue weighted by molar-refractivity contribution is -0.385. The van der Waals surface area contributed by atoms with Crippen LogP contribution in [-0.2, 0) is 4.74 Å². The summed E-state index contributed by atoms with van der Waals surface area (Å²) in [6.45, 7) is 4.12. The van der Waals surface area contributed by atoms with E-state index in [0.717, 1.165) is 6.42 Å². The number of methoxy groups -OCH3 is 2. The van der Waals surface area contributed by atoms with E-state index in [1.54, 1.807) is 4.90 Å². The second kappa shape index (κ2) is 7.96. The molecule has 0 bridgehead atoms. The summed E-state index contributed by atoms with van der Waals surface area (Å²) < 4.78 is 15.6. The number of carbonyl (C=O) groups is 1. The number of carbonyl (C=O) groups excluding carboxylic acids is 1. The van der Waals surface area contributed by atoms with Crippen molar-refractivity contribution in [1.29, 1.82) is 0 Å². The molecule has 0 spiro atoms. The molecule has 0 aliphatic carbocycles. The highest BCUT2D eigenvalue weighted by Gasteiger charge is 2.29. The van der Waals surface area contributed by atoms with Crippen molar-refractivity contribution in [1.82, 2.24) is 4.90 Å². The van der Waals surface area contributed by atoms with Gasteiger partial charge in [-0.3, -0.25) is 14.9 Å². The van der Waals surface area contributed by atoms with Crippen molar-refractivity contribution >= 4 is 11.6 Å². The lowest BCUT2D eigenvalue weighted by Gasteiger charge is -2.24. The van der Waals surface area contributed by atoms with Gasteiger partial charge in [0, 0.05) is 31.7 Å². The molecule has 0 N–H and O–H groups in total. The fourth-order valence-electron chi connectivity index (χ4n) is 2.76. The van der Waals surface area contributed by atoms with E-state index in [0.29, 0.717) is 26.3 Å². The molecule has 8 heteroatoms. The summed E-state index contributed by atoms with van der Waals surface area (Å²) in [5, 5.41) is 11.4. The molecule has 132 valence electrons. The SMILES string of the molecule is CCN(C[C@@H]1CCOC1)C(=O)c1cc(OC)c(OC)cc1[N+](=O)[O-]. The van der Waals surface area contributed by atoms with Crippen LogP contribution in [0.5, 0.6) is 11.5 Å². The lowest BCUT2D eigenvalue weighted by atomic mass is 10.1. The van der Waals surface area contributed by atoms with E-state index in [1.165, 1.54) is 26.4 Å². The van der Waals surface area contributed by atoms with Crippen LogP contribution in [0.4, 0.5) is 5.69 Å². The highest BCUT2D eigenvalue weighted by molar-refractivity contribution is 5.99. The Morgan fingerprint density at radius 2 is 2.04 bits per heavy atom. The summed E-state index contributed by atoms with van der Waals surface area (Å²) in [5.41, 5.74) is -0.294. The number of nitro benzene ring substituents is 1. The van der Waals surface area contributed by atoms with Crippen LogP contribution in [0, 0.1) is 16.0 Å². The maximum Gasteiger partial charge on any atom is 0.286 e. The van der Waals surface area contributed by atoms with Crippen LogP contribution < -0.4 is 9.47 Å². The van der Waals surface area contributed by atoms with Crippen LogP contribution in [0.25, 0.3) is 0 Å². The third-order valence-electron chi connectivity index (χ3n) is 4.10. The van der Waals surface area contributed by atoms with Crippen molar-refractivity contribution in [2.24, 2.45) is 5.92 Å². The second-order valence-corrected chi connectivity index (χ2v) is 5.55. The molecule has 1 aliphatic rings. The van der Waals surface area contributed by atoms with Gasteiger partial charge in [0.15, 0.2) is 11.5 Å². The van der Waals surface area contributed by atoms with E-state index in [-0.39, 0.29) is 28.7 Å². The molecule has 0 radical (unpaired) electrons. The number of hydrogen-bond acceptors (Lipinski definition) is 6. The lowest BCUT2D eigenvalue weighted by Crippen LogP contribution is -2.35. The number of rotatable bonds is 7. The standard InChI is InChI=1S/C16H22N2O6/c1-4-17(9-11-5-6-24-10-11)16(19)12-7-14(22-2)15(23-3)8-13(12)18(20)21/h7-8,11H,4-6,9-10H2,1-3H3/t11-/m0/s1. The molecule has 1 aliphatic heterocycles.